The van der Waals surface area contributed by atoms with Gasteiger partial charge in [-0.15, -0.1) is 0 Å². The number of hydrogen-bond donors (Lipinski definition) is 0. The Kier molecular flexibility index (Phi) is 6.02. The average molecular weight is 419 g/mol. The highest BCUT2D eigenvalue weighted by Gasteiger charge is 2.53. The van der Waals surface area contributed by atoms with Crippen LogP contribution in [0.25, 0.3) is 0 Å². The van der Waals surface area contributed by atoms with E-state index in [0.717, 1.165) is 10.4 Å². The molecule has 3 rings (SSSR count). The van der Waals surface area contributed by atoms with Crippen molar-refractivity contribution in [1.29, 1.82) is 0 Å². The van der Waals surface area contributed by atoms with E-state index in [1.54, 1.807) is 0 Å². The van der Waals surface area contributed by atoms with Gasteiger partial charge in [0.15, 0.2) is 0 Å². The molecule has 1 saturated carbocycles. The summed E-state index contributed by atoms with van der Waals surface area (Å²) in [4.78, 5) is 22.0. The first-order valence-electron chi connectivity index (χ1n) is 9.48. The minimum atomic E-state index is -4.70. The van der Waals surface area contributed by atoms with Crippen LogP contribution in [0.15, 0.2) is 60.7 Å². The molecule has 7 heteroatoms. The smallest absolute Gasteiger partial charge is 0.261 e. The maximum Gasteiger partial charge on any atom is 0.261 e. The van der Waals surface area contributed by atoms with E-state index in [9.17, 15) is 14.4 Å². The van der Waals surface area contributed by atoms with E-state index in [4.69, 9.17) is 9.16 Å². The summed E-state index contributed by atoms with van der Waals surface area (Å²) in [6, 6.07) is 20.5. The fourth-order valence-electron chi connectivity index (χ4n) is 3.69. The molecular formula is C21H27O5PSi-2. The lowest BCUT2D eigenvalue weighted by molar-refractivity contribution is -0.319. The topological polar surface area (TPSA) is 81.7 Å². The zero-order valence-corrected chi connectivity index (χ0v) is 18.5. The molecule has 0 aromatic heterocycles. The van der Waals surface area contributed by atoms with E-state index in [-0.39, 0.29) is 11.6 Å². The second kappa shape index (κ2) is 7.86. The van der Waals surface area contributed by atoms with Gasteiger partial charge in [0.2, 0.25) is 0 Å². The Labute approximate surface area is 168 Å². The third kappa shape index (κ3) is 4.65. The fourth-order valence-corrected chi connectivity index (χ4v) is 8.75. The second-order valence-electron chi connectivity index (χ2n) is 8.52. The molecule has 152 valence electrons. The van der Waals surface area contributed by atoms with Gasteiger partial charge in [-0.05, 0) is 35.8 Å². The van der Waals surface area contributed by atoms with E-state index in [1.807, 2.05) is 36.4 Å². The summed E-state index contributed by atoms with van der Waals surface area (Å²) >= 11 is 0. The molecule has 0 saturated heterocycles. The molecule has 5 nitrogen and oxygen atoms in total. The van der Waals surface area contributed by atoms with E-state index < -0.39 is 27.9 Å². The van der Waals surface area contributed by atoms with Gasteiger partial charge in [0.25, 0.3) is 8.32 Å². The molecule has 0 spiro atoms. The summed E-state index contributed by atoms with van der Waals surface area (Å²) in [5, 5.41) is 2.14. The molecule has 2 aromatic rings. The minimum Gasteiger partial charge on any atom is -0.809 e. The largest absolute Gasteiger partial charge is 0.809 e. The summed E-state index contributed by atoms with van der Waals surface area (Å²) in [5.74, 6) is 0. The van der Waals surface area contributed by atoms with Crippen molar-refractivity contribution >= 4 is 26.3 Å². The van der Waals surface area contributed by atoms with E-state index in [2.05, 4.69) is 45.0 Å². The Morgan fingerprint density at radius 1 is 0.964 bits per heavy atom. The van der Waals surface area contributed by atoms with Crippen molar-refractivity contribution in [2.75, 3.05) is 13.0 Å². The van der Waals surface area contributed by atoms with Crippen LogP contribution in [0.2, 0.25) is 5.04 Å². The van der Waals surface area contributed by atoms with Crippen LogP contribution >= 0.6 is 7.60 Å². The fraction of sp³-hybridized carbons (Fsp3) is 0.429. The second-order valence-corrected chi connectivity index (χ2v) is 14.3. The highest BCUT2D eigenvalue weighted by atomic mass is 31.2. The first-order chi connectivity index (χ1) is 13.1. The predicted octanol–water partition coefficient (Wildman–Crippen LogP) is 1.98. The van der Waals surface area contributed by atoms with Gasteiger partial charge >= 0.3 is 0 Å². The lowest BCUT2D eigenvalue weighted by Crippen LogP contribution is -2.67. The molecule has 28 heavy (non-hydrogen) atoms. The van der Waals surface area contributed by atoms with Crippen molar-refractivity contribution in [1.82, 2.24) is 0 Å². The van der Waals surface area contributed by atoms with Gasteiger partial charge < -0.3 is 23.5 Å². The van der Waals surface area contributed by atoms with Crippen LogP contribution < -0.4 is 20.2 Å². The SMILES string of the molecule is CC(C)(C)[Si](OCC1(OCP(=O)([O-])[O-])CC1)(c1ccccc1)c1ccccc1. The maximum atomic E-state index is 11.0. The van der Waals surface area contributed by atoms with Crippen LogP contribution in [0.5, 0.6) is 0 Å². The van der Waals surface area contributed by atoms with Crippen LogP contribution in [0.1, 0.15) is 33.6 Å². The first-order valence-corrected chi connectivity index (χ1v) is 13.1. The van der Waals surface area contributed by atoms with Gasteiger partial charge in [0, 0.05) is 0 Å². The van der Waals surface area contributed by atoms with Gasteiger partial charge in [0.05, 0.1) is 18.6 Å². The third-order valence-electron chi connectivity index (χ3n) is 5.31. The quantitative estimate of drug-likeness (QED) is 0.484. The van der Waals surface area contributed by atoms with Crippen molar-refractivity contribution in [2.45, 2.75) is 44.3 Å². The van der Waals surface area contributed by atoms with Crippen molar-refractivity contribution in [3.05, 3.63) is 60.7 Å². The molecule has 0 N–H and O–H groups in total. The molecule has 1 fully saturated rings. The number of benzene rings is 2. The van der Waals surface area contributed by atoms with Gasteiger partial charge in [0.1, 0.15) is 0 Å². The minimum absolute atomic E-state index is 0.169. The molecule has 0 heterocycles. The van der Waals surface area contributed by atoms with Crippen molar-refractivity contribution in [2.24, 2.45) is 0 Å². The highest BCUT2D eigenvalue weighted by molar-refractivity contribution is 7.48. The molecule has 0 bridgehead atoms. The number of hydrogen-bond acceptors (Lipinski definition) is 5. The van der Waals surface area contributed by atoms with Gasteiger partial charge in [-0.3, -0.25) is 0 Å². The molecule has 0 unspecified atom stereocenters. The molecule has 0 radical (unpaired) electrons. The van der Waals surface area contributed by atoms with Gasteiger partial charge in [-0.25, -0.2) is 0 Å². The normalized spacial score (nSPS) is 16.8. The Morgan fingerprint density at radius 3 is 1.79 bits per heavy atom. The molecule has 1 aliphatic carbocycles. The Morgan fingerprint density at radius 2 is 1.43 bits per heavy atom. The summed E-state index contributed by atoms with van der Waals surface area (Å²) in [6.45, 7) is 6.83. The zero-order chi connectivity index (χ0) is 20.5. The summed E-state index contributed by atoms with van der Waals surface area (Å²) in [5.41, 5.74) is -0.669. The maximum absolute atomic E-state index is 11.0. The van der Waals surface area contributed by atoms with E-state index in [1.165, 1.54) is 0 Å². The van der Waals surface area contributed by atoms with Crippen molar-refractivity contribution in [3.63, 3.8) is 0 Å². The molecule has 0 aliphatic heterocycles. The molecule has 0 amide bonds. The number of ether oxygens (including phenoxy) is 1. The number of rotatable bonds is 8. The molecule has 0 atom stereocenters. The predicted molar refractivity (Wildman–Crippen MR) is 109 cm³/mol. The Balaban J connectivity index is 1.97. The van der Waals surface area contributed by atoms with Crippen LogP contribution in [0.4, 0.5) is 0 Å². The van der Waals surface area contributed by atoms with Crippen LogP contribution in [0.3, 0.4) is 0 Å². The summed E-state index contributed by atoms with van der Waals surface area (Å²) in [6.07, 6.45) is 0.619. The highest BCUT2D eigenvalue weighted by Crippen LogP contribution is 2.45. The van der Waals surface area contributed by atoms with Gasteiger partial charge in [-0.1, -0.05) is 81.4 Å². The van der Waals surface area contributed by atoms with Crippen LogP contribution in [-0.2, 0) is 13.7 Å². The standard InChI is InChI=1S/C21H29O5PSi/c1-20(2,3)28(18-10-6-4-7-11-18,19-12-8-5-9-13-19)26-16-21(14-15-21)25-17-27(22,23)24/h4-13H,14-17H2,1-3H3,(H2,22,23,24)/p-2. The van der Waals surface area contributed by atoms with Crippen LogP contribution in [0, 0.1) is 0 Å². The Bertz CT molecular complexity index is 785. The lowest BCUT2D eigenvalue weighted by atomic mass is 10.2. The monoisotopic (exact) mass is 418 g/mol. The molecule has 1 aliphatic rings. The molecular weight excluding hydrogens is 391 g/mol. The van der Waals surface area contributed by atoms with Crippen LogP contribution in [-0.4, -0.2) is 26.9 Å². The van der Waals surface area contributed by atoms with Crippen molar-refractivity contribution < 1.29 is 23.5 Å². The Hall–Kier alpha value is -1.27. The summed E-state index contributed by atoms with van der Waals surface area (Å²) in [7, 11) is -7.40. The average Bonchev–Trinajstić information content (AvgIpc) is 3.41. The molecule has 2 aromatic carbocycles. The first kappa shape index (κ1) is 21.4. The van der Waals surface area contributed by atoms with Gasteiger partial charge in [-0.2, -0.15) is 0 Å². The van der Waals surface area contributed by atoms with E-state index >= 15 is 0 Å². The lowest BCUT2D eigenvalue weighted by Gasteiger charge is -2.44. The zero-order valence-electron chi connectivity index (χ0n) is 16.6. The third-order valence-corrected chi connectivity index (χ3v) is 10.7. The van der Waals surface area contributed by atoms with E-state index in [0.29, 0.717) is 12.8 Å². The summed E-state index contributed by atoms with van der Waals surface area (Å²) < 4.78 is 23.3. The van der Waals surface area contributed by atoms with Crippen molar-refractivity contribution in [3.8, 4) is 0 Å².